The topological polar surface area (TPSA) is 81.5 Å². The van der Waals surface area contributed by atoms with Crippen LogP contribution in [0.2, 0.25) is 0 Å². The molecule has 0 fully saturated rings. The molecule has 0 amide bonds. The molecule has 1 aromatic carbocycles. The fraction of sp³-hybridized carbons (Fsp3) is 0.364. The van der Waals surface area contributed by atoms with E-state index >= 15 is 0 Å². The Bertz CT molecular complexity index is 431. The van der Waals surface area contributed by atoms with Crippen LogP contribution in [0.1, 0.15) is 23.7 Å². The van der Waals surface area contributed by atoms with Gasteiger partial charge in [0.25, 0.3) is 5.69 Å². The Hall–Kier alpha value is -2.11. The zero-order valence-corrected chi connectivity index (χ0v) is 9.73. The van der Waals surface area contributed by atoms with Gasteiger partial charge in [-0.05, 0) is 18.6 Å². The Morgan fingerprint density at radius 3 is 2.76 bits per heavy atom. The number of anilines is 1. The summed E-state index contributed by atoms with van der Waals surface area (Å²) in [5.41, 5.74) is 0.407. The molecular formula is C11H14N2O4. The summed E-state index contributed by atoms with van der Waals surface area (Å²) >= 11 is 0. The summed E-state index contributed by atoms with van der Waals surface area (Å²) in [6.45, 7) is 2.18. The smallest absolute Gasteiger partial charge is 0.338 e. The van der Waals surface area contributed by atoms with E-state index in [-0.39, 0.29) is 11.3 Å². The molecule has 0 unspecified atom stereocenters. The predicted octanol–water partition coefficient (Wildman–Crippen LogP) is 2.20. The Labute approximate surface area is 98.7 Å². The van der Waals surface area contributed by atoms with Crippen molar-refractivity contribution in [1.29, 1.82) is 0 Å². The Kier molecular flexibility index (Phi) is 4.45. The van der Waals surface area contributed by atoms with Crippen LogP contribution >= 0.6 is 0 Å². The molecule has 1 N–H and O–H groups in total. The van der Waals surface area contributed by atoms with Crippen LogP contribution < -0.4 is 5.32 Å². The van der Waals surface area contributed by atoms with E-state index in [1.54, 1.807) is 7.05 Å². The van der Waals surface area contributed by atoms with E-state index < -0.39 is 10.9 Å². The summed E-state index contributed by atoms with van der Waals surface area (Å²) in [6.07, 6.45) is 0.711. The molecule has 0 saturated heterocycles. The third-order valence-electron chi connectivity index (χ3n) is 2.14. The number of rotatable bonds is 5. The highest BCUT2D eigenvalue weighted by atomic mass is 16.6. The molecule has 1 aromatic rings. The van der Waals surface area contributed by atoms with E-state index in [0.717, 1.165) is 0 Å². The Morgan fingerprint density at radius 1 is 1.53 bits per heavy atom. The second-order valence-corrected chi connectivity index (χ2v) is 3.37. The Morgan fingerprint density at radius 2 is 2.24 bits per heavy atom. The van der Waals surface area contributed by atoms with Crippen LogP contribution in [0.15, 0.2) is 18.2 Å². The summed E-state index contributed by atoms with van der Waals surface area (Å²) in [6, 6.07) is 4.20. The Balaban J connectivity index is 2.99. The van der Waals surface area contributed by atoms with Gasteiger partial charge in [0.1, 0.15) is 5.69 Å². The van der Waals surface area contributed by atoms with Gasteiger partial charge in [0.2, 0.25) is 0 Å². The van der Waals surface area contributed by atoms with Crippen molar-refractivity contribution >= 4 is 17.3 Å². The van der Waals surface area contributed by atoms with E-state index in [0.29, 0.717) is 18.7 Å². The molecule has 1 rings (SSSR count). The molecule has 0 aromatic heterocycles. The molecule has 0 radical (unpaired) electrons. The summed E-state index contributed by atoms with van der Waals surface area (Å²) in [7, 11) is 1.58. The molecule has 0 aliphatic heterocycles. The minimum atomic E-state index is -0.544. The molecule has 6 heteroatoms. The molecule has 0 heterocycles. The molecule has 0 atom stereocenters. The maximum absolute atomic E-state index is 11.5. The van der Waals surface area contributed by atoms with Crippen molar-refractivity contribution in [1.82, 2.24) is 0 Å². The lowest BCUT2D eigenvalue weighted by atomic mass is 10.1. The third kappa shape index (κ3) is 3.17. The van der Waals surface area contributed by atoms with Gasteiger partial charge in [0.05, 0.1) is 17.1 Å². The number of nitrogens with one attached hydrogen (secondary N) is 1. The first-order chi connectivity index (χ1) is 8.10. The number of nitro benzene ring substituents is 1. The lowest BCUT2D eigenvalue weighted by molar-refractivity contribution is -0.384. The lowest BCUT2D eigenvalue weighted by Crippen LogP contribution is -2.07. The third-order valence-corrected chi connectivity index (χ3v) is 2.14. The number of nitro groups is 1. The first-order valence-corrected chi connectivity index (χ1v) is 5.23. The fourth-order valence-corrected chi connectivity index (χ4v) is 1.30. The summed E-state index contributed by atoms with van der Waals surface area (Å²) in [4.78, 5) is 21.8. The van der Waals surface area contributed by atoms with E-state index in [4.69, 9.17) is 4.74 Å². The minimum absolute atomic E-state index is 0.140. The monoisotopic (exact) mass is 238 g/mol. The summed E-state index contributed by atoms with van der Waals surface area (Å²) in [5, 5.41) is 13.5. The number of ether oxygens (including phenoxy) is 1. The number of esters is 1. The zero-order valence-electron chi connectivity index (χ0n) is 9.73. The average Bonchev–Trinajstić information content (AvgIpc) is 2.34. The van der Waals surface area contributed by atoms with Gasteiger partial charge in [0.15, 0.2) is 0 Å². The highest BCUT2D eigenvalue weighted by Gasteiger charge is 2.17. The van der Waals surface area contributed by atoms with Gasteiger partial charge >= 0.3 is 5.97 Å². The van der Waals surface area contributed by atoms with Crippen molar-refractivity contribution in [3.63, 3.8) is 0 Å². The molecule has 0 saturated carbocycles. The van der Waals surface area contributed by atoms with Crippen molar-refractivity contribution < 1.29 is 14.5 Å². The molecule has 6 nitrogen and oxygen atoms in total. The van der Waals surface area contributed by atoms with Gasteiger partial charge in [-0.25, -0.2) is 4.79 Å². The van der Waals surface area contributed by atoms with Crippen LogP contribution in [-0.2, 0) is 4.74 Å². The van der Waals surface area contributed by atoms with Crippen LogP contribution in [-0.4, -0.2) is 24.5 Å². The van der Waals surface area contributed by atoms with Gasteiger partial charge in [-0.1, -0.05) is 6.92 Å². The fourth-order valence-electron chi connectivity index (χ4n) is 1.30. The zero-order chi connectivity index (χ0) is 12.8. The highest BCUT2D eigenvalue weighted by molar-refractivity contribution is 5.91. The number of nitrogens with zero attached hydrogens (tertiary/aromatic N) is 1. The van der Waals surface area contributed by atoms with E-state index in [2.05, 4.69) is 5.32 Å². The molecule has 0 bridgehead atoms. The second-order valence-electron chi connectivity index (χ2n) is 3.37. The first-order valence-electron chi connectivity index (χ1n) is 5.23. The molecular weight excluding hydrogens is 224 g/mol. The van der Waals surface area contributed by atoms with Gasteiger partial charge in [-0.2, -0.15) is 0 Å². The number of benzene rings is 1. The SMILES string of the molecule is CCCOC(=O)c1ccc(NC)c([N+](=O)[O-])c1. The van der Waals surface area contributed by atoms with Gasteiger partial charge in [-0.3, -0.25) is 10.1 Å². The molecule has 0 spiro atoms. The van der Waals surface area contributed by atoms with E-state index in [1.165, 1.54) is 18.2 Å². The van der Waals surface area contributed by atoms with Crippen molar-refractivity contribution in [2.45, 2.75) is 13.3 Å². The summed E-state index contributed by atoms with van der Waals surface area (Å²) < 4.78 is 4.90. The van der Waals surface area contributed by atoms with Crippen LogP contribution in [0, 0.1) is 10.1 Å². The van der Waals surface area contributed by atoms with Gasteiger partial charge in [-0.15, -0.1) is 0 Å². The van der Waals surface area contributed by atoms with Gasteiger partial charge < -0.3 is 10.1 Å². The number of hydrogen-bond donors (Lipinski definition) is 1. The summed E-state index contributed by atoms with van der Waals surface area (Å²) in [5.74, 6) is -0.544. The predicted molar refractivity (Wildman–Crippen MR) is 63.2 cm³/mol. The number of carbonyl (C=O) groups excluding carboxylic acids is 1. The van der Waals surface area contributed by atoms with Crippen molar-refractivity contribution in [2.24, 2.45) is 0 Å². The standard InChI is InChI=1S/C11H14N2O4/c1-3-6-17-11(14)8-4-5-9(12-2)10(7-8)13(15)16/h4-5,7,12H,3,6H2,1-2H3. The number of hydrogen-bond acceptors (Lipinski definition) is 5. The molecule has 92 valence electrons. The van der Waals surface area contributed by atoms with Crippen molar-refractivity contribution in [3.05, 3.63) is 33.9 Å². The number of carbonyl (C=O) groups is 1. The first kappa shape index (κ1) is 13.0. The maximum atomic E-state index is 11.5. The second kappa shape index (κ2) is 5.83. The largest absolute Gasteiger partial charge is 0.462 e. The van der Waals surface area contributed by atoms with E-state index in [9.17, 15) is 14.9 Å². The van der Waals surface area contributed by atoms with Gasteiger partial charge in [0, 0.05) is 13.1 Å². The minimum Gasteiger partial charge on any atom is -0.462 e. The molecule has 17 heavy (non-hydrogen) atoms. The highest BCUT2D eigenvalue weighted by Crippen LogP contribution is 2.25. The molecule has 0 aliphatic carbocycles. The molecule has 0 aliphatic rings. The van der Waals surface area contributed by atoms with Crippen molar-refractivity contribution in [3.8, 4) is 0 Å². The van der Waals surface area contributed by atoms with Crippen LogP contribution in [0.4, 0.5) is 11.4 Å². The van der Waals surface area contributed by atoms with E-state index in [1.807, 2.05) is 6.92 Å². The normalized spacial score (nSPS) is 9.76. The maximum Gasteiger partial charge on any atom is 0.338 e. The van der Waals surface area contributed by atoms with Crippen LogP contribution in [0.5, 0.6) is 0 Å². The lowest BCUT2D eigenvalue weighted by Gasteiger charge is -2.05. The van der Waals surface area contributed by atoms with Crippen molar-refractivity contribution in [2.75, 3.05) is 19.0 Å². The quantitative estimate of drug-likeness (QED) is 0.483. The van der Waals surface area contributed by atoms with Crippen LogP contribution in [0.3, 0.4) is 0 Å². The average molecular weight is 238 g/mol. The van der Waals surface area contributed by atoms with Crippen LogP contribution in [0.25, 0.3) is 0 Å².